The SMILES string of the molecule is C[N+]1(CCCCCCC(=O)C(=O)O)CN=C(c2ccccc2)C(c2ccccc2)=N1. The molecule has 1 N–H and O–H groups in total. The van der Waals surface area contributed by atoms with Crippen LogP contribution in [0, 0.1) is 0 Å². The van der Waals surface area contributed by atoms with Gasteiger partial charge in [-0.25, -0.2) is 9.79 Å². The lowest BCUT2D eigenvalue weighted by atomic mass is 9.99. The second-order valence-electron chi connectivity index (χ2n) is 7.78. The van der Waals surface area contributed by atoms with Crippen molar-refractivity contribution in [1.82, 2.24) is 0 Å². The number of carboxylic acid groups (broad SMARTS) is 1. The van der Waals surface area contributed by atoms with E-state index in [1.807, 2.05) is 36.4 Å². The standard InChI is InChI=1S/C24H27N3O3/c1-27(17-11-3-2-10-16-21(28)24(29)30)18-25-22(19-12-6-4-7-13-19)23(26-27)20-14-8-5-9-15-20/h4-9,12-15H,2-3,10-11,16-18H2,1H3/p+1. The summed E-state index contributed by atoms with van der Waals surface area (Å²) in [7, 11) is 2.09. The van der Waals surface area contributed by atoms with Gasteiger partial charge < -0.3 is 5.11 Å². The molecule has 1 aliphatic rings. The lowest BCUT2D eigenvalue weighted by Gasteiger charge is -2.31. The Morgan fingerprint density at radius 1 is 0.867 bits per heavy atom. The molecule has 2 aromatic carbocycles. The number of Topliss-reactive ketones (excluding diaryl/α,β-unsaturated/α-hetero) is 1. The zero-order chi connectivity index (χ0) is 21.4. The molecule has 156 valence electrons. The second-order valence-corrected chi connectivity index (χ2v) is 7.78. The van der Waals surface area contributed by atoms with Crippen molar-refractivity contribution < 1.29 is 19.3 Å². The molecule has 0 bridgehead atoms. The first kappa shape index (κ1) is 21.6. The van der Waals surface area contributed by atoms with Crippen molar-refractivity contribution in [3.05, 3.63) is 71.8 Å². The van der Waals surface area contributed by atoms with Gasteiger partial charge in [-0.2, -0.15) is 4.59 Å². The normalized spacial score (nSPS) is 18.4. The summed E-state index contributed by atoms with van der Waals surface area (Å²) in [6.07, 6.45) is 3.45. The molecule has 3 rings (SSSR count). The Kier molecular flexibility index (Phi) is 7.25. The summed E-state index contributed by atoms with van der Waals surface area (Å²) in [4.78, 5) is 26.6. The van der Waals surface area contributed by atoms with E-state index in [1.165, 1.54) is 0 Å². The molecule has 0 radical (unpaired) electrons. The van der Waals surface area contributed by atoms with Gasteiger partial charge in [0.05, 0.1) is 7.05 Å². The topological polar surface area (TPSA) is 79.1 Å². The number of nitrogens with zero attached hydrogens (tertiary/aromatic N) is 3. The summed E-state index contributed by atoms with van der Waals surface area (Å²) in [6, 6.07) is 20.3. The first-order valence-corrected chi connectivity index (χ1v) is 10.3. The average Bonchev–Trinajstić information content (AvgIpc) is 2.77. The van der Waals surface area contributed by atoms with Crippen LogP contribution in [0.4, 0.5) is 0 Å². The Morgan fingerprint density at radius 3 is 2.03 bits per heavy atom. The fraction of sp³-hybridized carbons (Fsp3) is 0.333. The van der Waals surface area contributed by atoms with E-state index in [-0.39, 0.29) is 6.42 Å². The molecule has 6 nitrogen and oxygen atoms in total. The molecule has 0 spiro atoms. The Labute approximate surface area is 177 Å². The summed E-state index contributed by atoms with van der Waals surface area (Å²) in [6.45, 7) is 1.42. The zero-order valence-corrected chi connectivity index (χ0v) is 17.3. The van der Waals surface area contributed by atoms with E-state index in [2.05, 4.69) is 31.3 Å². The van der Waals surface area contributed by atoms with Crippen molar-refractivity contribution in [2.75, 3.05) is 20.3 Å². The maximum Gasteiger partial charge on any atom is 0.372 e. The number of aliphatic imine (C=N–C) groups is 1. The quantitative estimate of drug-likeness (QED) is 0.369. The molecular weight excluding hydrogens is 378 g/mol. The Balaban J connectivity index is 1.66. The van der Waals surface area contributed by atoms with E-state index in [9.17, 15) is 9.59 Å². The van der Waals surface area contributed by atoms with Gasteiger partial charge in [-0.1, -0.05) is 72.2 Å². The van der Waals surface area contributed by atoms with Crippen LogP contribution in [0.25, 0.3) is 0 Å². The second kappa shape index (κ2) is 10.1. The maximum absolute atomic E-state index is 11.2. The molecule has 0 aliphatic carbocycles. The predicted molar refractivity (Wildman–Crippen MR) is 118 cm³/mol. The molecule has 1 heterocycles. The number of ketones is 1. The summed E-state index contributed by atoms with van der Waals surface area (Å²) in [5.41, 5.74) is 3.94. The molecule has 1 unspecified atom stereocenters. The highest BCUT2D eigenvalue weighted by molar-refractivity contribution is 6.53. The van der Waals surface area contributed by atoms with Crippen molar-refractivity contribution in [2.24, 2.45) is 10.1 Å². The monoisotopic (exact) mass is 406 g/mol. The number of carboxylic acids is 1. The predicted octanol–water partition coefficient (Wildman–Crippen LogP) is 3.90. The largest absolute Gasteiger partial charge is 0.476 e. The van der Waals surface area contributed by atoms with Gasteiger partial charge in [-0.05, 0) is 19.3 Å². The molecule has 1 atom stereocenters. The molecule has 1 aliphatic heterocycles. The number of carbonyl (C=O) groups is 2. The molecule has 0 saturated heterocycles. The van der Waals surface area contributed by atoms with Gasteiger partial charge in [0.25, 0.3) is 0 Å². The van der Waals surface area contributed by atoms with Crippen LogP contribution in [0.1, 0.15) is 43.2 Å². The van der Waals surface area contributed by atoms with Gasteiger partial charge in [0.1, 0.15) is 12.3 Å². The number of carbonyl (C=O) groups excluding carboxylic acids is 1. The third kappa shape index (κ3) is 5.70. The number of quaternary nitrogens is 1. The smallest absolute Gasteiger partial charge is 0.372 e. The van der Waals surface area contributed by atoms with Crippen LogP contribution >= 0.6 is 0 Å². The molecule has 6 heteroatoms. The van der Waals surface area contributed by atoms with E-state index < -0.39 is 11.8 Å². The van der Waals surface area contributed by atoms with Gasteiger partial charge in [0.2, 0.25) is 5.78 Å². The summed E-state index contributed by atoms with van der Waals surface area (Å²) >= 11 is 0. The van der Waals surface area contributed by atoms with E-state index in [1.54, 1.807) is 0 Å². The van der Waals surface area contributed by atoms with E-state index in [0.717, 1.165) is 48.4 Å². The summed E-state index contributed by atoms with van der Waals surface area (Å²) in [5, 5.41) is 13.7. The minimum Gasteiger partial charge on any atom is -0.476 e. The highest BCUT2D eigenvalue weighted by Gasteiger charge is 2.30. The van der Waals surface area contributed by atoms with Gasteiger partial charge in [0, 0.05) is 17.5 Å². The van der Waals surface area contributed by atoms with Crippen LogP contribution in [0.5, 0.6) is 0 Å². The van der Waals surface area contributed by atoms with Gasteiger partial charge in [-0.3, -0.25) is 4.79 Å². The van der Waals surface area contributed by atoms with Gasteiger partial charge in [0.15, 0.2) is 12.4 Å². The van der Waals surface area contributed by atoms with Gasteiger partial charge >= 0.3 is 5.97 Å². The Bertz CT molecular complexity index is 939. The van der Waals surface area contributed by atoms with E-state index in [0.29, 0.717) is 17.7 Å². The van der Waals surface area contributed by atoms with Crippen molar-refractivity contribution in [2.45, 2.75) is 32.1 Å². The van der Waals surface area contributed by atoms with Crippen LogP contribution in [0.15, 0.2) is 70.8 Å². The van der Waals surface area contributed by atoms with Crippen molar-refractivity contribution in [3.63, 3.8) is 0 Å². The third-order valence-electron chi connectivity index (χ3n) is 5.23. The Morgan fingerprint density at radius 2 is 1.43 bits per heavy atom. The molecule has 30 heavy (non-hydrogen) atoms. The summed E-state index contributed by atoms with van der Waals surface area (Å²) in [5.74, 6) is -2.04. The highest BCUT2D eigenvalue weighted by Crippen LogP contribution is 2.20. The number of benzene rings is 2. The minimum atomic E-state index is -1.34. The lowest BCUT2D eigenvalue weighted by Crippen LogP contribution is -2.45. The number of rotatable bonds is 10. The number of unbranched alkanes of at least 4 members (excludes halogenated alkanes) is 3. The molecule has 0 fully saturated rings. The molecule has 0 amide bonds. The maximum atomic E-state index is 11.2. The average molecular weight is 407 g/mol. The van der Waals surface area contributed by atoms with Crippen molar-refractivity contribution >= 4 is 23.2 Å². The van der Waals surface area contributed by atoms with Crippen molar-refractivity contribution in [1.29, 1.82) is 0 Å². The van der Waals surface area contributed by atoms with Gasteiger partial charge in [-0.15, -0.1) is 0 Å². The molecule has 2 aromatic rings. The first-order valence-electron chi connectivity index (χ1n) is 10.3. The van der Waals surface area contributed by atoms with Crippen molar-refractivity contribution in [3.8, 4) is 0 Å². The van der Waals surface area contributed by atoms with Crippen LogP contribution in [-0.4, -0.2) is 53.1 Å². The highest BCUT2D eigenvalue weighted by atomic mass is 16.4. The van der Waals surface area contributed by atoms with Crippen LogP contribution in [0.3, 0.4) is 0 Å². The minimum absolute atomic E-state index is 0.114. The zero-order valence-electron chi connectivity index (χ0n) is 17.3. The number of hydrogen-bond acceptors (Lipinski definition) is 4. The van der Waals surface area contributed by atoms with Crippen LogP contribution in [0.2, 0.25) is 0 Å². The van der Waals surface area contributed by atoms with Crippen LogP contribution in [-0.2, 0) is 9.59 Å². The van der Waals surface area contributed by atoms with Crippen LogP contribution < -0.4 is 0 Å². The fourth-order valence-electron chi connectivity index (χ4n) is 3.55. The molecular formula is C24H28N3O3+. The first-order chi connectivity index (χ1) is 14.5. The summed E-state index contributed by atoms with van der Waals surface area (Å²) < 4.78 is 0.481. The van der Waals surface area contributed by atoms with E-state index >= 15 is 0 Å². The van der Waals surface area contributed by atoms with E-state index in [4.69, 9.17) is 15.2 Å². The molecule has 0 saturated carbocycles. The molecule has 0 aromatic heterocycles. The number of aliphatic carboxylic acids is 1. The number of hydrogen-bond donors (Lipinski definition) is 1. The fourth-order valence-corrected chi connectivity index (χ4v) is 3.55. The lowest BCUT2D eigenvalue weighted by molar-refractivity contribution is -0.916. The third-order valence-corrected chi connectivity index (χ3v) is 5.23. The Hall–Kier alpha value is -3.12.